The predicted molar refractivity (Wildman–Crippen MR) is 110 cm³/mol. The first-order valence-electron chi connectivity index (χ1n) is 8.84. The lowest BCUT2D eigenvalue weighted by atomic mass is 10.2. The Morgan fingerprint density at radius 2 is 1.77 bits per heavy atom. The largest absolute Gasteiger partial charge is 0.341 e. The van der Waals surface area contributed by atoms with Crippen LogP contribution in [0, 0.1) is 0 Å². The first-order chi connectivity index (χ1) is 12.2. The summed E-state index contributed by atoms with van der Waals surface area (Å²) in [5.41, 5.74) is 2.40. The maximum atomic E-state index is 12.7. The number of carbonyl (C=O) groups is 1. The molecule has 4 nitrogen and oxygen atoms in total. The fourth-order valence-electron chi connectivity index (χ4n) is 3.58. The minimum atomic E-state index is 0. The number of carbonyl (C=O) groups excluding carboxylic acids is 1. The Bertz CT molecular complexity index is 734. The van der Waals surface area contributed by atoms with Crippen LogP contribution in [0.3, 0.4) is 0 Å². The summed E-state index contributed by atoms with van der Waals surface area (Å²) in [6.07, 6.45) is 1.58. The summed E-state index contributed by atoms with van der Waals surface area (Å²) in [5.74, 6) is 0.224. The van der Waals surface area contributed by atoms with Gasteiger partial charge < -0.3 is 15.1 Å². The second kappa shape index (κ2) is 8.33. The molecular weight excluding hydrogens is 366 g/mol. The van der Waals surface area contributed by atoms with Crippen molar-refractivity contribution < 1.29 is 4.79 Å². The number of para-hydroxylation sites is 2. The fraction of sp³-hybridized carbons (Fsp3) is 0.350. The van der Waals surface area contributed by atoms with Crippen LogP contribution >= 0.6 is 24.2 Å². The molecule has 138 valence electrons. The van der Waals surface area contributed by atoms with Crippen molar-refractivity contribution in [2.24, 2.45) is 0 Å². The van der Waals surface area contributed by atoms with Gasteiger partial charge in [0.05, 0.1) is 11.4 Å². The van der Waals surface area contributed by atoms with E-state index in [4.69, 9.17) is 0 Å². The van der Waals surface area contributed by atoms with Crippen LogP contribution in [-0.4, -0.2) is 43.5 Å². The van der Waals surface area contributed by atoms with Crippen molar-refractivity contribution in [1.82, 2.24) is 10.2 Å². The molecule has 2 heterocycles. The normalized spacial score (nSPS) is 17.9. The lowest BCUT2D eigenvalue weighted by Gasteiger charge is -2.33. The number of rotatable bonds is 4. The maximum absolute atomic E-state index is 12.7. The van der Waals surface area contributed by atoms with Crippen molar-refractivity contribution in [3.05, 3.63) is 48.5 Å². The Balaban J connectivity index is 0.00000196. The number of nitrogens with zero attached hydrogens (tertiary/aromatic N) is 2. The summed E-state index contributed by atoms with van der Waals surface area (Å²) in [6.45, 7) is 2.62. The van der Waals surface area contributed by atoms with E-state index in [0.29, 0.717) is 19.0 Å². The molecule has 2 aliphatic rings. The van der Waals surface area contributed by atoms with Crippen molar-refractivity contribution in [2.75, 3.05) is 31.6 Å². The molecule has 6 heteroatoms. The van der Waals surface area contributed by atoms with Gasteiger partial charge in [-0.3, -0.25) is 4.79 Å². The molecule has 1 saturated heterocycles. The molecule has 0 saturated carbocycles. The van der Waals surface area contributed by atoms with E-state index in [2.05, 4.69) is 58.7 Å². The third-order valence-corrected chi connectivity index (χ3v) is 6.19. The molecule has 1 atom stereocenters. The molecular formula is C20H24ClN3OS. The Kier molecular flexibility index (Phi) is 6.12. The van der Waals surface area contributed by atoms with Gasteiger partial charge in [0.1, 0.15) is 0 Å². The number of hydrogen-bond donors (Lipinski definition) is 1. The van der Waals surface area contributed by atoms with Gasteiger partial charge in [-0.05, 0) is 37.2 Å². The smallest absolute Gasteiger partial charge is 0.224 e. The zero-order chi connectivity index (χ0) is 17.2. The number of amides is 1. The van der Waals surface area contributed by atoms with E-state index in [1.165, 1.54) is 21.2 Å². The second-order valence-corrected chi connectivity index (χ2v) is 7.67. The highest BCUT2D eigenvalue weighted by atomic mass is 35.5. The lowest BCUT2D eigenvalue weighted by molar-refractivity contribution is -0.131. The Hall–Kier alpha value is -1.69. The van der Waals surface area contributed by atoms with Crippen LogP contribution in [0.5, 0.6) is 0 Å². The minimum Gasteiger partial charge on any atom is -0.341 e. The number of likely N-dealkylation sites (N-methyl/N-ethyl adjacent to an activating group) is 1. The van der Waals surface area contributed by atoms with Crippen molar-refractivity contribution in [3.63, 3.8) is 0 Å². The van der Waals surface area contributed by atoms with Crippen LogP contribution in [0.15, 0.2) is 58.3 Å². The molecule has 1 fully saturated rings. The summed E-state index contributed by atoms with van der Waals surface area (Å²) in [5, 5.41) is 3.33. The molecule has 2 aliphatic heterocycles. The van der Waals surface area contributed by atoms with Crippen LogP contribution in [0.4, 0.5) is 11.4 Å². The standard InChI is InChI=1S/C20H23N3OS.ClH/c1-22(15-10-12-21-14-15)20(24)11-13-23-16-6-2-4-8-18(16)25-19-9-5-3-7-17(19)23;/h2-9,15,21H,10-14H2,1H3;1H. The van der Waals surface area contributed by atoms with Crippen LogP contribution in [0.2, 0.25) is 0 Å². The summed E-state index contributed by atoms with van der Waals surface area (Å²) >= 11 is 1.80. The number of nitrogens with one attached hydrogen (secondary N) is 1. The van der Waals surface area contributed by atoms with Gasteiger partial charge >= 0.3 is 0 Å². The van der Waals surface area contributed by atoms with Crippen molar-refractivity contribution in [2.45, 2.75) is 28.7 Å². The average Bonchev–Trinajstić information content (AvgIpc) is 3.19. The highest BCUT2D eigenvalue weighted by Gasteiger charge is 2.26. The van der Waals surface area contributed by atoms with E-state index in [1.54, 1.807) is 11.8 Å². The highest BCUT2D eigenvalue weighted by molar-refractivity contribution is 7.99. The fourth-order valence-corrected chi connectivity index (χ4v) is 4.68. The third kappa shape index (κ3) is 3.70. The van der Waals surface area contributed by atoms with Crippen molar-refractivity contribution in [1.29, 1.82) is 0 Å². The van der Waals surface area contributed by atoms with Gasteiger partial charge in [-0.25, -0.2) is 0 Å². The number of hydrogen-bond acceptors (Lipinski definition) is 4. The zero-order valence-corrected chi connectivity index (χ0v) is 16.5. The molecule has 2 aromatic carbocycles. The van der Waals surface area contributed by atoms with E-state index < -0.39 is 0 Å². The van der Waals surface area contributed by atoms with Gasteiger partial charge in [0.25, 0.3) is 0 Å². The minimum absolute atomic E-state index is 0. The van der Waals surface area contributed by atoms with E-state index in [-0.39, 0.29) is 18.3 Å². The van der Waals surface area contributed by atoms with E-state index in [1.807, 2.05) is 11.9 Å². The molecule has 0 spiro atoms. The van der Waals surface area contributed by atoms with Crippen LogP contribution in [0.1, 0.15) is 12.8 Å². The number of anilines is 2. The summed E-state index contributed by atoms with van der Waals surface area (Å²) in [7, 11) is 1.94. The number of fused-ring (bicyclic) bond motifs is 2. The van der Waals surface area contributed by atoms with Crippen molar-refractivity contribution >= 4 is 41.5 Å². The Morgan fingerprint density at radius 3 is 2.35 bits per heavy atom. The predicted octanol–water partition coefficient (Wildman–Crippen LogP) is 3.92. The van der Waals surface area contributed by atoms with Gasteiger partial charge in [-0.15, -0.1) is 12.4 Å². The quantitative estimate of drug-likeness (QED) is 0.859. The van der Waals surface area contributed by atoms with Crippen LogP contribution < -0.4 is 10.2 Å². The molecule has 1 N–H and O–H groups in total. The SMILES string of the molecule is CN(C(=O)CCN1c2ccccc2Sc2ccccc21)C1CCNC1.Cl. The first-order valence-corrected chi connectivity index (χ1v) is 9.65. The molecule has 1 unspecified atom stereocenters. The Labute approximate surface area is 165 Å². The maximum Gasteiger partial charge on any atom is 0.224 e. The second-order valence-electron chi connectivity index (χ2n) is 6.59. The Morgan fingerprint density at radius 1 is 1.15 bits per heavy atom. The van der Waals surface area contributed by atoms with Gasteiger partial charge in [-0.1, -0.05) is 36.0 Å². The molecule has 2 aromatic rings. The van der Waals surface area contributed by atoms with E-state index in [0.717, 1.165) is 19.5 Å². The summed E-state index contributed by atoms with van der Waals surface area (Å²) in [4.78, 5) is 19.4. The molecule has 0 aromatic heterocycles. The molecule has 0 bridgehead atoms. The number of benzene rings is 2. The van der Waals surface area contributed by atoms with Gasteiger partial charge in [-0.2, -0.15) is 0 Å². The third-order valence-electron chi connectivity index (χ3n) is 5.06. The number of halogens is 1. The van der Waals surface area contributed by atoms with E-state index in [9.17, 15) is 4.79 Å². The molecule has 0 aliphatic carbocycles. The van der Waals surface area contributed by atoms with Crippen LogP contribution in [-0.2, 0) is 4.79 Å². The average molecular weight is 390 g/mol. The van der Waals surface area contributed by atoms with Crippen molar-refractivity contribution in [3.8, 4) is 0 Å². The lowest BCUT2D eigenvalue weighted by Crippen LogP contribution is -2.39. The van der Waals surface area contributed by atoms with Gasteiger partial charge in [0.2, 0.25) is 5.91 Å². The summed E-state index contributed by atoms with van der Waals surface area (Å²) in [6, 6.07) is 17.2. The first kappa shape index (κ1) is 19.1. The summed E-state index contributed by atoms with van der Waals surface area (Å²) < 4.78 is 0. The van der Waals surface area contributed by atoms with Gasteiger partial charge in [0, 0.05) is 42.4 Å². The van der Waals surface area contributed by atoms with Crippen LogP contribution in [0.25, 0.3) is 0 Å². The molecule has 1 amide bonds. The monoisotopic (exact) mass is 389 g/mol. The van der Waals surface area contributed by atoms with E-state index >= 15 is 0 Å². The van der Waals surface area contributed by atoms with Gasteiger partial charge in [0.15, 0.2) is 0 Å². The highest BCUT2D eigenvalue weighted by Crippen LogP contribution is 2.47. The zero-order valence-electron chi connectivity index (χ0n) is 14.9. The topological polar surface area (TPSA) is 35.6 Å². The molecule has 26 heavy (non-hydrogen) atoms. The molecule has 4 rings (SSSR count). The molecule has 0 radical (unpaired) electrons.